The van der Waals surface area contributed by atoms with Crippen LogP contribution in [0.25, 0.3) is 0 Å². The van der Waals surface area contributed by atoms with Crippen LogP contribution in [0.3, 0.4) is 0 Å². The Labute approximate surface area is 117 Å². The van der Waals surface area contributed by atoms with Gasteiger partial charge in [0.2, 0.25) is 0 Å². The van der Waals surface area contributed by atoms with E-state index in [9.17, 15) is 14.7 Å². The van der Waals surface area contributed by atoms with E-state index in [1.54, 1.807) is 24.3 Å². The van der Waals surface area contributed by atoms with Crippen LogP contribution in [0.4, 0.5) is 5.69 Å². The zero-order valence-corrected chi connectivity index (χ0v) is 11.6. The lowest BCUT2D eigenvalue weighted by Gasteiger charge is -2.28. The van der Waals surface area contributed by atoms with Gasteiger partial charge in [0.15, 0.2) is 12.1 Å². The smallest absolute Gasteiger partial charge is 0.168 e. The number of aldehydes is 1. The van der Waals surface area contributed by atoms with Gasteiger partial charge >= 0.3 is 0 Å². The molecule has 0 aliphatic heterocycles. The molecule has 0 spiro atoms. The number of carbonyl (C=O) groups excluding carboxylic acids is 2. The maximum atomic E-state index is 12.0. The van der Waals surface area contributed by atoms with E-state index in [2.05, 4.69) is 4.99 Å². The molecule has 0 aromatic heterocycles. The Morgan fingerprint density at radius 2 is 1.95 bits per heavy atom. The average Bonchev–Trinajstić information content (AvgIpc) is 2.36. The Hall–Kier alpha value is -2.23. The molecule has 0 bridgehead atoms. The molecule has 1 aliphatic carbocycles. The van der Waals surface area contributed by atoms with Crippen LogP contribution in [0, 0.1) is 5.41 Å². The first-order valence-corrected chi connectivity index (χ1v) is 6.46. The summed E-state index contributed by atoms with van der Waals surface area (Å²) in [5.41, 5.74) is 0.956. The molecule has 0 fully saturated rings. The fourth-order valence-electron chi connectivity index (χ4n) is 2.29. The minimum absolute atomic E-state index is 0.0681. The number of Topliss-reactive ketones (excluding diaryl/α,β-unsaturated/α-hetero) is 1. The summed E-state index contributed by atoms with van der Waals surface area (Å²) in [5.74, 6) is -0.0512. The molecule has 0 saturated carbocycles. The van der Waals surface area contributed by atoms with Gasteiger partial charge in [-0.3, -0.25) is 14.6 Å². The summed E-state index contributed by atoms with van der Waals surface area (Å²) < 4.78 is 0. The van der Waals surface area contributed by atoms with Crippen molar-refractivity contribution in [2.75, 3.05) is 0 Å². The maximum Gasteiger partial charge on any atom is 0.168 e. The van der Waals surface area contributed by atoms with E-state index >= 15 is 0 Å². The van der Waals surface area contributed by atoms with Gasteiger partial charge in [-0.15, -0.1) is 0 Å². The minimum atomic E-state index is -0.223. The molecule has 0 amide bonds. The van der Waals surface area contributed by atoms with Crippen molar-refractivity contribution in [1.29, 1.82) is 0 Å². The van der Waals surface area contributed by atoms with Crippen molar-refractivity contribution in [3.63, 3.8) is 0 Å². The summed E-state index contributed by atoms with van der Waals surface area (Å²) in [4.78, 5) is 27.1. The largest absolute Gasteiger partial charge is 0.511 e. The molecule has 0 unspecified atom stereocenters. The lowest BCUT2D eigenvalue weighted by Crippen LogP contribution is -2.26. The van der Waals surface area contributed by atoms with E-state index in [0.29, 0.717) is 30.4 Å². The van der Waals surface area contributed by atoms with Gasteiger partial charge in [0.1, 0.15) is 5.76 Å². The van der Waals surface area contributed by atoms with Crippen LogP contribution >= 0.6 is 0 Å². The number of carbonyl (C=O) groups is 2. The molecular formula is C16H17NO3. The number of aliphatic hydroxyl groups excluding tert-OH is 1. The highest BCUT2D eigenvalue weighted by molar-refractivity contribution is 6.15. The Bertz CT molecular complexity index is 612. The zero-order chi connectivity index (χ0) is 14.8. The van der Waals surface area contributed by atoms with E-state index in [1.807, 2.05) is 13.8 Å². The van der Waals surface area contributed by atoms with Gasteiger partial charge in [-0.05, 0) is 17.5 Å². The standard InChI is InChI=1S/C16H17NO3/c1-16(2)7-14(19)12(15(20)8-16)9-17-13-6-4-3-5-11(13)10-18/h3-6,9-10,19H,7-8H2,1-2H3. The topological polar surface area (TPSA) is 66.7 Å². The molecule has 0 radical (unpaired) electrons. The summed E-state index contributed by atoms with van der Waals surface area (Å²) in [6.45, 7) is 3.88. The highest BCUT2D eigenvalue weighted by atomic mass is 16.3. The predicted molar refractivity (Wildman–Crippen MR) is 77.7 cm³/mol. The number of nitrogens with zero attached hydrogens (tertiary/aromatic N) is 1. The first-order valence-electron chi connectivity index (χ1n) is 6.46. The predicted octanol–water partition coefficient (Wildman–Crippen LogP) is 3.40. The first kappa shape index (κ1) is 14.2. The van der Waals surface area contributed by atoms with E-state index in [4.69, 9.17) is 0 Å². The fraction of sp³-hybridized carbons (Fsp3) is 0.312. The van der Waals surface area contributed by atoms with Crippen LogP contribution in [-0.4, -0.2) is 23.4 Å². The molecule has 1 aromatic carbocycles. The normalized spacial score (nSPS) is 18.6. The molecule has 4 nitrogen and oxygen atoms in total. The summed E-state index contributed by atoms with van der Waals surface area (Å²) in [6, 6.07) is 6.85. The number of aliphatic hydroxyl groups is 1. The molecule has 1 N–H and O–H groups in total. The van der Waals surface area contributed by atoms with Crippen molar-refractivity contribution in [2.45, 2.75) is 26.7 Å². The molecule has 0 heterocycles. The average molecular weight is 271 g/mol. The van der Waals surface area contributed by atoms with E-state index in [1.165, 1.54) is 6.21 Å². The number of benzene rings is 1. The number of hydrogen-bond acceptors (Lipinski definition) is 4. The van der Waals surface area contributed by atoms with Crippen LogP contribution < -0.4 is 0 Å². The van der Waals surface area contributed by atoms with Crippen LogP contribution in [0.5, 0.6) is 0 Å². The third kappa shape index (κ3) is 3.02. The van der Waals surface area contributed by atoms with Gasteiger partial charge in [0.25, 0.3) is 0 Å². The molecular weight excluding hydrogens is 254 g/mol. The van der Waals surface area contributed by atoms with Gasteiger partial charge in [-0.2, -0.15) is 0 Å². The van der Waals surface area contributed by atoms with E-state index < -0.39 is 0 Å². The molecule has 1 aliphatic rings. The van der Waals surface area contributed by atoms with Gasteiger partial charge in [-0.1, -0.05) is 26.0 Å². The lowest BCUT2D eigenvalue weighted by molar-refractivity contribution is -0.117. The number of para-hydroxylation sites is 1. The summed E-state index contributed by atoms with van der Waals surface area (Å²) >= 11 is 0. The highest BCUT2D eigenvalue weighted by Crippen LogP contribution is 2.35. The number of rotatable bonds is 3. The quantitative estimate of drug-likeness (QED) is 0.676. The molecule has 0 atom stereocenters. The van der Waals surface area contributed by atoms with Gasteiger partial charge < -0.3 is 5.11 Å². The molecule has 0 saturated heterocycles. The van der Waals surface area contributed by atoms with Crippen LogP contribution in [0.1, 0.15) is 37.0 Å². The second kappa shape index (κ2) is 5.41. The number of allylic oxidation sites excluding steroid dienone is 2. The molecule has 2 rings (SSSR count). The van der Waals surface area contributed by atoms with Crippen molar-refractivity contribution in [3.8, 4) is 0 Å². The van der Waals surface area contributed by atoms with Crippen LogP contribution in [-0.2, 0) is 4.79 Å². The van der Waals surface area contributed by atoms with Crippen molar-refractivity contribution >= 4 is 24.0 Å². The number of aliphatic imine (C=N–C) groups is 1. The highest BCUT2D eigenvalue weighted by Gasteiger charge is 2.32. The lowest BCUT2D eigenvalue weighted by atomic mass is 9.77. The first-order chi connectivity index (χ1) is 9.43. The number of hydrogen-bond donors (Lipinski definition) is 1. The minimum Gasteiger partial charge on any atom is -0.511 e. The Kier molecular flexibility index (Phi) is 3.84. The van der Waals surface area contributed by atoms with E-state index in [-0.39, 0.29) is 22.5 Å². The van der Waals surface area contributed by atoms with Crippen molar-refractivity contribution in [1.82, 2.24) is 0 Å². The third-order valence-corrected chi connectivity index (χ3v) is 3.29. The molecule has 20 heavy (non-hydrogen) atoms. The van der Waals surface area contributed by atoms with Gasteiger partial charge in [0.05, 0.1) is 11.3 Å². The van der Waals surface area contributed by atoms with Crippen molar-refractivity contribution < 1.29 is 14.7 Å². The third-order valence-electron chi connectivity index (χ3n) is 3.29. The molecule has 4 heteroatoms. The second-order valence-corrected chi connectivity index (χ2v) is 5.74. The van der Waals surface area contributed by atoms with Crippen LogP contribution in [0.2, 0.25) is 0 Å². The van der Waals surface area contributed by atoms with Gasteiger partial charge in [0, 0.05) is 24.6 Å². The monoisotopic (exact) mass is 271 g/mol. The Morgan fingerprint density at radius 1 is 1.25 bits per heavy atom. The fourth-order valence-corrected chi connectivity index (χ4v) is 2.29. The second-order valence-electron chi connectivity index (χ2n) is 5.74. The summed E-state index contributed by atoms with van der Waals surface area (Å²) in [7, 11) is 0. The SMILES string of the molecule is CC1(C)CC(=O)C(C=Nc2ccccc2C=O)=C(O)C1. The van der Waals surface area contributed by atoms with E-state index in [0.717, 1.165) is 0 Å². The Morgan fingerprint density at radius 3 is 2.60 bits per heavy atom. The molecule has 104 valence electrons. The Balaban J connectivity index is 2.31. The maximum absolute atomic E-state index is 12.0. The van der Waals surface area contributed by atoms with Crippen molar-refractivity contribution in [3.05, 3.63) is 41.2 Å². The number of ketones is 1. The van der Waals surface area contributed by atoms with Crippen molar-refractivity contribution in [2.24, 2.45) is 10.4 Å². The van der Waals surface area contributed by atoms with Gasteiger partial charge in [-0.25, -0.2) is 0 Å². The molecule has 1 aromatic rings. The van der Waals surface area contributed by atoms with Crippen LogP contribution in [0.15, 0.2) is 40.6 Å². The zero-order valence-electron chi connectivity index (χ0n) is 11.6. The summed E-state index contributed by atoms with van der Waals surface area (Å²) in [5, 5.41) is 9.98. The summed E-state index contributed by atoms with van der Waals surface area (Å²) in [6.07, 6.45) is 2.91.